The lowest BCUT2D eigenvalue weighted by molar-refractivity contribution is -0.137. The van der Waals surface area contributed by atoms with Gasteiger partial charge in [0.2, 0.25) is 0 Å². The van der Waals surface area contributed by atoms with E-state index in [0.717, 1.165) is 12.1 Å². The fraction of sp³-hybridized carbons (Fsp3) is 0.200. The molecule has 1 N–H and O–H groups in total. The molecule has 2 rings (SSSR count). The number of nitrogens with zero attached hydrogens (tertiary/aromatic N) is 2. The van der Waals surface area contributed by atoms with Crippen molar-refractivity contribution in [3.05, 3.63) is 29.6 Å². The molecule has 1 aromatic heterocycles. The Morgan fingerprint density at radius 1 is 1.44 bits per heavy atom. The van der Waals surface area contributed by atoms with Gasteiger partial charge in [-0.2, -0.15) is 0 Å². The van der Waals surface area contributed by atoms with Crippen LogP contribution in [0.4, 0.5) is 8.78 Å². The molecule has 0 saturated carbocycles. The third-order valence-corrected chi connectivity index (χ3v) is 2.27. The number of fused-ring (bicyclic) bond motifs is 1. The number of aryl methyl sites for hydroxylation is 1. The zero-order chi connectivity index (χ0) is 11.9. The third-order valence-electron chi connectivity index (χ3n) is 2.27. The Balaban J connectivity index is 2.68. The summed E-state index contributed by atoms with van der Waals surface area (Å²) in [4.78, 5) is 14.6. The highest BCUT2D eigenvalue weighted by atomic mass is 19.2. The molecule has 4 nitrogen and oxygen atoms in total. The third kappa shape index (κ3) is 1.62. The van der Waals surface area contributed by atoms with Crippen LogP contribution in [0.3, 0.4) is 0 Å². The number of imidazole rings is 1. The van der Waals surface area contributed by atoms with Crippen LogP contribution in [0, 0.1) is 18.6 Å². The Kier molecular flexibility index (Phi) is 2.34. The van der Waals surface area contributed by atoms with E-state index < -0.39 is 17.6 Å². The van der Waals surface area contributed by atoms with Gasteiger partial charge < -0.3 is 9.67 Å². The van der Waals surface area contributed by atoms with E-state index in [0.29, 0.717) is 5.82 Å². The average molecular weight is 226 g/mol. The SMILES string of the molecule is Cc1nc2cc(F)c(F)cc2n1CC(=O)O. The molecule has 16 heavy (non-hydrogen) atoms. The Bertz CT molecular complexity index is 578. The van der Waals surface area contributed by atoms with Crippen LogP contribution in [0.15, 0.2) is 12.1 Å². The van der Waals surface area contributed by atoms with Crippen molar-refractivity contribution in [1.29, 1.82) is 0 Å². The molecule has 0 unspecified atom stereocenters. The number of aliphatic carboxylic acids is 1. The molecule has 1 aromatic carbocycles. The van der Waals surface area contributed by atoms with Crippen molar-refractivity contribution in [3.63, 3.8) is 0 Å². The van der Waals surface area contributed by atoms with Crippen molar-refractivity contribution >= 4 is 17.0 Å². The van der Waals surface area contributed by atoms with Crippen molar-refractivity contribution in [2.75, 3.05) is 0 Å². The number of carboxylic acids is 1. The van der Waals surface area contributed by atoms with Crippen LogP contribution in [0.1, 0.15) is 5.82 Å². The first-order valence-electron chi connectivity index (χ1n) is 4.52. The van der Waals surface area contributed by atoms with Crippen LogP contribution in [-0.2, 0) is 11.3 Å². The topological polar surface area (TPSA) is 55.1 Å². The number of carbonyl (C=O) groups is 1. The highest BCUT2D eigenvalue weighted by Crippen LogP contribution is 2.19. The predicted molar refractivity (Wildman–Crippen MR) is 52.0 cm³/mol. The fourth-order valence-corrected chi connectivity index (χ4v) is 1.58. The van der Waals surface area contributed by atoms with Crippen molar-refractivity contribution in [1.82, 2.24) is 9.55 Å². The average Bonchev–Trinajstić information content (AvgIpc) is 2.45. The molecule has 0 atom stereocenters. The summed E-state index contributed by atoms with van der Waals surface area (Å²) in [6, 6.07) is 1.91. The summed E-state index contributed by atoms with van der Waals surface area (Å²) < 4.78 is 27.2. The first-order valence-corrected chi connectivity index (χ1v) is 4.52. The Labute approximate surface area is 89.1 Å². The molecule has 0 aliphatic rings. The quantitative estimate of drug-likeness (QED) is 0.848. The number of hydrogen-bond acceptors (Lipinski definition) is 2. The van der Waals surface area contributed by atoms with Crippen molar-refractivity contribution in [2.24, 2.45) is 0 Å². The van der Waals surface area contributed by atoms with Crippen LogP contribution in [0.2, 0.25) is 0 Å². The summed E-state index contributed by atoms with van der Waals surface area (Å²) in [7, 11) is 0. The van der Waals surface area contributed by atoms with Gasteiger partial charge >= 0.3 is 5.97 Å². The van der Waals surface area contributed by atoms with Gasteiger partial charge in [-0.25, -0.2) is 13.8 Å². The summed E-state index contributed by atoms with van der Waals surface area (Å²) in [5, 5.41) is 8.68. The number of aromatic nitrogens is 2. The second-order valence-corrected chi connectivity index (χ2v) is 3.39. The lowest BCUT2D eigenvalue weighted by atomic mass is 10.3. The Morgan fingerprint density at radius 2 is 2.06 bits per heavy atom. The van der Waals surface area contributed by atoms with E-state index in [2.05, 4.69) is 4.98 Å². The number of carboxylic acid groups (broad SMARTS) is 1. The maximum Gasteiger partial charge on any atom is 0.323 e. The minimum absolute atomic E-state index is 0.248. The van der Waals surface area contributed by atoms with Gasteiger partial charge in [-0.05, 0) is 6.92 Å². The van der Waals surface area contributed by atoms with Crippen molar-refractivity contribution in [2.45, 2.75) is 13.5 Å². The van der Waals surface area contributed by atoms with Gasteiger partial charge in [0.1, 0.15) is 12.4 Å². The van der Waals surface area contributed by atoms with Gasteiger partial charge in [0.05, 0.1) is 11.0 Å². The van der Waals surface area contributed by atoms with Crippen LogP contribution in [0.5, 0.6) is 0 Å². The smallest absolute Gasteiger partial charge is 0.323 e. The Hall–Kier alpha value is -1.98. The van der Waals surface area contributed by atoms with Crippen LogP contribution >= 0.6 is 0 Å². The van der Waals surface area contributed by atoms with Gasteiger partial charge in [-0.15, -0.1) is 0 Å². The second-order valence-electron chi connectivity index (χ2n) is 3.39. The van der Waals surface area contributed by atoms with Crippen LogP contribution in [0.25, 0.3) is 11.0 Å². The molecule has 2 aromatic rings. The van der Waals surface area contributed by atoms with Crippen LogP contribution < -0.4 is 0 Å². The van der Waals surface area contributed by atoms with E-state index >= 15 is 0 Å². The molecular weight excluding hydrogens is 218 g/mol. The molecule has 0 fully saturated rings. The van der Waals surface area contributed by atoms with Gasteiger partial charge in [0, 0.05) is 12.1 Å². The highest BCUT2D eigenvalue weighted by molar-refractivity contribution is 5.78. The number of rotatable bonds is 2. The highest BCUT2D eigenvalue weighted by Gasteiger charge is 2.13. The standard InChI is InChI=1S/C10H8F2N2O2/c1-5-13-8-2-6(11)7(12)3-9(8)14(5)4-10(15)16/h2-3H,4H2,1H3,(H,15,16). The molecule has 0 spiro atoms. The molecule has 0 amide bonds. The van der Waals surface area contributed by atoms with Gasteiger partial charge in [0.25, 0.3) is 0 Å². The molecule has 0 aliphatic carbocycles. The summed E-state index contributed by atoms with van der Waals surface area (Å²) in [6.07, 6.45) is 0. The summed E-state index contributed by atoms with van der Waals surface area (Å²) >= 11 is 0. The first kappa shape index (κ1) is 10.5. The predicted octanol–water partition coefficient (Wildman–Crippen LogP) is 1.71. The molecule has 84 valence electrons. The van der Waals surface area contributed by atoms with Crippen molar-refractivity contribution in [3.8, 4) is 0 Å². The van der Waals surface area contributed by atoms with Crippen molar-refractivity contribution < 1.29 is 18.7 Å². The second kappa shape index (κ2) is 3.55. The molecule has 0 bridgehead atoms. The zero-order valence-electron chi connectivity index (χ0n) is 8.37. The molecule has 0 aliphatic heterocycles. The lowest BCUT2D eigenvalue weighted by Gasteiger charge is -2.02. The minimum Gasteiger partial charge on any atom is -0.480 e. The molecule has 0 saturated heterocycles. The molecule has 1 heterocycles. The maximum atomic E-state index is 13.0. The number of benzene rings is 1. The summed E-state index contributed by atoms with van der Waals surface area (Å²) in [6.45, 7) is 1.26. The van der Waals surface area contributed by atoms with E-state index in [-0.39, 0.29) is 17.6 Å². The molecule has 0 radical (unpaired) electrons. The lowest BCUT2D eigenvalue weighted by Crippen LogP contribution is -2.10. The van der Waals surface area contributed by atoms with E-state index in [4.69, 9.17) is 5.11 Å². The van der Waals surface area contributed by atoms with E-state index in [9.17, 15) is 13.6 Å². The summed E-state index contributed by atoms with van der Waals surface area (Å²) in [5.41, 5.74) is 0.524. The van der Waals surface area contributed by atoms with Gasteiger partial charge in [-0.1, -0.05) is 0 Å². The Morgan fingerprint density at radius 3 is 2.69 bits per heavy atom. The minimum atomic E-state index is -1.06. The van der Waals surface area contributed by atoms with E-state index in [1.165, 1.54) is 4.57 Å². The van der Waals surface area contributed by atoms with E-state index in [1.54, 1.807) is 6.92 Å². The normalized spacial score (nSPS) is 10.9. The van der Waals surface area contributed by atoms with Gasteiger partial charge in [0.15, 0.2) is 11.6 Å². The number of hydrogen-bond donors (Lipinski definition) is 1. The van der Waals surface area contributed by atoms with Crippen LogP contribution in [-0.4, -0.2) is 20.6 Å². The zero-order valence-corrected chi connectivity index (χ0v) is 8.37. The molecule has 6 heteroatoms. The summed E-state index contributed by atoms with van der Waals surface area (Å²) in [5.74, 6) is -2.67. The van der Waals surface area contributed by atoms with Gasteiger partial charge in [-0.3, -0.25) is 4.79 Å². The fourth-order valence-electron chi connectivity index (χ4n) is 1.58. The monoisotopic (exact) mass is 226 g/mol. The number of halogens is 2. The molecular formula is C10H8F2N2O2. The largest absolute Gasteiger partial charge is 0.480 e. The van der Waals surface area contributed by atoms with E-state index in [1.807, 2.05) is 0 Å². The first-order chi connectivity index (χ1) is 7.49. The maximum absolute atomic E-state index is 13.0.